The smallest absolute Gasteiger partial charge is 0.234 e. The molecule has 1 heterocycles. The molecule has 0 saturated heterocycles. The number of hydrogen-bond donors (Lipinski definition) is 0. The van der Waals surface area contributed by atoms with Crippen LogP contribution in [0.4, 0.5) is 0 Å². The molecule has 0 radical (unpaired) electrons. The number of Topliss-reactive ketones (excluding diaryl/α,β-unsaturated/α-hetero) is 1. The molecule has 4 nitrogen and oxygen atoms in total. The first-order valence-electron chi connectivity index (χ1n) is 6.25. The molecule has 5 heteroatoms. The van der Waals surface area contributed by atoms with Gasteiger partial charge < -0.3 is 4.52 Å². The molecule has 0 unspecified atom stereocenters. The van der Waals surface area contributed by atoms with Crippen LogP contribution in [0.25, 0.3) is 0 Å². The lowest BCUT2D eigenvalue weighted by molar-refractivity contribution is -0.118. The topological polar surface area (TPSA) is 56.0 Å². The van der Waals surface area contributed by atoms with Crippen molar-refractivity contribution in [2.75, 3.05) is 0 Å². The minimum atomic E-state index is 0.121. The molecule has 0 bridgehead atoms. The second kappa shape index (κ2) is 6.48. The van der Waals surface area contributed by atoms with Gasteiger partial charge in [0.2, 0.25) is 5.89 Å². The van der Waals surface area contributed by atoms with Crippen molar-refractivity contribution in [3.63, 3.8) is 0 Å². The molecule has 0 aliphatic carbocycles. The molecule has 0 spiro atoms. The summed E-state index contributed by atoms with van der Waals surface area (Å²) in [5, 5.41) is 4.55. The summed E-state index contributed by atoms with van der Waals surface area (Å²) in [5.74, 6) is 1.04. The maximum atomic E-state index is 11.5. The summed E-state index contributed by atoms with van der Waals surface area (Å²) in [6, 6.07) is 7.52. The van der Waals surface area contributed by atoms with Crippen LogP contribution in [0.1, 0.15) is 37.0 Å². The number of rotatable bonds is 6. The Hall–Kier alpha value is -1.68. The van der Waals surface area contributed by atoms with Gasteiger partial charge in [-0.25, -0.2) is 0 Å². The number of carbonyl (C=O) groups is 1. The number of hydrogen-bond acceptors (Lipinski definition) is 4. The molecule has 0 atom stereocenters. The average molecular weight is 279 g/mol. The van der Waals surface area contributed by atoms with E-state index in [0.717, 1.165) is 12.0 Å². The first kappa shape index (κ1) is 13.7. The highest BCUT2D eigenvalue weighted by atomic mass is 35.5. The number of halogens is 1. The predicted octanol–water partition coefficient (Wildman–Crippen LogP) is 3.23. The third-order valence-electron chi connectivity index (χ3n) is 2.69. The highest BCUT2D eigenvalue weighted by Gasteiger charge is 2.12. The molecule has 2 aromatic rings. The van der Waals surface area contributed by atoms with Crippen LogP contribution in [-0.4, -0.2) is 15.9 Å². The highest BCUT2D eigenvalue weighted by molar-refractivity contribution is 6.31. The van der Waals surface area contributed by atoms with E-state index in [2.05, 4.69) is 10.1 Å². The molecule has 0 N–H and O–H groups in total. The summed E-state index contributed by atoms with van der Waals surface area (Å²) in [6.45, 7) is 1.97. The van der Waals surface area contributed by atoms with Gasteiger partial charge in [-0.3, -0.25) is 4.79 Å². The van der Waals surface area contributed by atoms with E-state index in [1.807, 2.05) is 31.2 Å². The predicted molar refractivity (Wildman–Crippen MR) is 72.2 cm³/mol. The molecule has 100 valence electrons. The van der Waals surface area contributed by atoms with Crippen LogP contribution in [0.3, 0.4) is 0 Å². The standard InChI is InChI=1S/C14H15ClN2O2/c1-2-5-11(18)9-14-16-13(17-19-14)8-10-6-3-4-7-12(10)15/h3-4,6-7H,2,5,8-9H2,1H3. The molecule has 1 aromatic heterocycles. The Morgan fingerprint density at radius 2 is 2.16 bits per heavy atom. The van der Waals surface area contributed by atoms with Crippen molar-refractivity contribution < 1.29 is 9.32 Å². The van der Waals surface area contributed by atoms with Crippen molar-refractivity contribution in [1.29, 1.82) is 0 Å². The first-order valence-corrected chi connectivity index (χ1v) is 6.63. The number of ketones is 1. The molecule has 0 fully saturated rings. The van der Waals surface area contributed by atoms with Crippen LogP contribution in [0, 0.1) is 0 Å². The fourth-order valence-electron chi connectivity index (χ4n) is 1.78. The Balaban J connectivity index is 2.02. The zero-order chi connectivity index (χ0) is 13.7. The summed E-state index contributed by atoms with van der Waals surface area (Å²) < 4.78 is 5.07. The van der Waals surface area contributed by atoms with Gasteiger partial charge in [-0.1, -0.05) is 41.9 Å². The Labute approximate surface area is 116 Å². The Morgan fingerprint density at radius 3 is 2.89 bits per heavy atom. The van der Waals surface area contributed by atoms with Crippen molar-refractivity contribution in [1.82, 2.24) is 10.1 Å². The lowest BCUT2D eigenvalue weighted by atomic mass is 10.1. The van der Waals surface area contributed by atoms with Crippen LogP contribution in [0.15, 0.2) is 28.8 Å². The molecule has 0 aliphatic rings. The summed E-state index contributed by atoms with van der Waals surface area (Å²) in [6.07, 6.45) is 2.09. The van der Waals surface area contributed by atoms with Gasteiger partial charge in [-0.15, -0.1) is 0 Å². The normalized spacial score (nSPS) is 10.6. The Kier molecular flexibility index (Phi) is 4.68. The van der Waals surface area contributed by atoms with Crippen LogP contribution in [0.2, 0.25) is 5.02 Å². The molecule has 2 rings (SSSR count). The highest BCUT2D eigenvalue weighted by Crippen LogP contribution is 2.17. The first-order chi connectivity index (χ1) is 9.19. The van der Waals surface area contributed by atoms with Crippen molar-refractivity contribution >= 4 is 17.4 Å². The molecular weight excluding hydrogens is 264 g/mol. The Morgan fingerprint density at radius 1 is 1.37 bits per heavy atom. The second-order valence-electron chi connectivity index (χ2n) is 4.34. The fourth-order valence-corrected chi connectivity index (χ4v) is 1.98. The van der Waals surface area contributed by atoms with E-state index in [4.69, 9.17) is 16.1 Å². The van der Waals surface area contributed by atoms with E-state index in [1.165, 1.54) is 0 Å². The van der Waals surface area contributed by atoms with E-state index >= 15 is 0 Å². The molecule has 19 heavy (non-hydrogen) atoms. The second-order valence-corrected chi connectivity index (χ2v) is 4.75. The van der Waals surface area contributed by atoms with Crippen LogP contribution < -0.4 is 0 Å². The van der Waals surface area contributed by atoms with Gasteiger partial charge in [0.25, 0.3) is 0 Å². The third-order valence-corrected chi connectivity index (χ3v) is 3.06. The zero-order valence-corrected chi connectivity index (χ0v) is 11.5. The lowest BCUT2D eigenvalue weighted by Crippen LogP contribution is -2.02. The van der Waals surface area contributed by atoms with Gasteiger partial charge in [-0.2, -0.15) is 4.98 Å². The number of aromatic nitrogens is 2. The third kappa shape index (κ3) is 3.89. The minimum Gasteiger partial charge on any atom is -0.339 e. The number of carbonyl (C=O) groups excluding carboxylic acids is 1. The van der Waals surface area contributed by atoms with Crippen LogP contribution in [-0.2, 0) is 17.6 Å². The van der Waals surface area contributed by atoms with E-state index in [-0.39, 0.29) is 12.2 Å². The maximum absolute atomic E-state index is 11.5. The van der Waals surface area contributed by atoms with Gasteiger partial charge in [0.1, 0.15) is 5.78 Å². The monoisotopic (exact) mass is 278 g/mol. The SMILES string of the molecule is CCCC(=O)Cc1nc(Cc2ccccc2Cl)no1. The number of benzene rings is 1. The molecule has 0 aliphatic heterocycles. The largest absolute Gasteiger partial charge is 0.339 e. The van der Waals surface area contributed by atoms with Crippen molar-refractivity contribution in [2.24, 2.45) is 0 Å². The van der Waals surface area contributed by atoms with Gasteiger partial charge in [0.05, 0.1) is 6.42 Å². The molecule has 1 aromatic carbocycles. The summed E-state index contributed by atoms with van der Waals surface area (Å²) >= 11 is 6.07. The van der Waals surface area contributed by atoms with Gasteiger partial charge in [0, 0.05) is 17.9 Å². The molecule has 0 amide bonds. The van der Waals surface area contributed by atoms with Gasteiger partial charge in [-0.05, 0) is 18.1 Å². The fraction of sp³-hybridized carbons (Fsp3) is 0.357. The quantitative estimate of drug-likeness (QED) is 0.814. The number of nitrogens with zero attached hydrogens (tertiary/aromatic N) is 2. The molecule has 0 saturated carbocycles. The summed E-state index contributed by atoms with van der Waals surface area (Å²) in [5.41, 5.74) is 0.941. The zero-order valence-electron chi connectivity index (χ0n) is 10.7. The summed E-state index contributed by atoms with van der Waals surface area (Å²) in [4.78, 5) is 15.7. The average Bonchev–Trinajstić information content (AvgIpc) is 2.80. The van der Waals surface area contributed by atoms with Crippen molar-refractivity contribution in [3.05, 3.63) is 46.6 Å². The lowest BCUT2D eigenvalue weighted by Gasteiger charge is -1.98. The Bertz CT molecular complexity index is 566. The maximum Gasteiger partial charge on any atom is 0.234 e. The van der Waals surface area contributed by atoms with Gasteiger partial charge in [0.15, 0.2) is 5.82 Å². The van der Waals surface area contributed by atoms with Crippen molar-refractivity contribution in [2.45, 2.75) is 32.6 Å². The van der Waals surface area contributed by atoms with Crippen LogP contribution >= 0.6 is 11.6 Å². The molecular formula is C14H15ClN2O2. The minimum absolute atomic E-state index is 0.121. The van der Waals surface area contributed by atoms with Crippen molar-refractivity contribution in [3.8, 4) is 0 Å². The van der Waals surface area contributed by atoms with E-state index in [0.29, 0.717) is 29.6 Å². The van der Waals surface area contributed by atoms with E-state index < -0.39 is 0 Å². The van der Waals surface area contributed by atoms with E-state index in [9.17, 15) is 4.79 Å². The van der Waals surface area contributed by atoms with Gasteiger partial charge >= 0.3 is 0 Å². The van der Waals surface area contributed by atoms with E-state index in [1.54, 1.807) is 0 Å². The summed E-state index contributed by atoms with van der Waals surface area (Å²) in [7, 11) is 0. The van der Waals surface area contributed by atoms with Crippen LogP contribution in [0.5, 0.6) is 0 Å².